The molecule has 0 fully saturated rings. The summed E-state index contributed by atoms with van der Waals surface area (Å²) in [6.45, 7) is 0. The highest BCUT2D eigenvalue weighted by Gasteiger charge is 2.54. The van der Waals surface area contributed by atoms with Gasteiger partial charge in [-0.1, -0.05) is 12.1 Å². The highest BCUT2D eigenvalue weighted by atomic mass is 19.4. The van der Waals surface area contributed by atoms with Crippen molar-refractivity contribution in [2.45, 2.75) is 18.4 Å². The Morgan fingerprint density at radius 1 is 0.960 bits per heavy atom. The van der Waals surface area contributed by atoms with Crippen molar-refractivity contribution >= 4 is 11.3 Å². The number of aliphatic hydroxyl groups excluding tert-OH is 1. The number of alkyl halides is 6. The van der Waals surface area contributed by atoms with Crippen LogP contribution in [0.4, 0.5) is 32.0 Å². The molecule has 136 valence electrons. The van der Waals surface area contributed by atoms with Gasteiger partial charge in [0.25, 0.3) is 0 Å². The third kappa shape index (κ3) is 3.58. The SMILES string of the molecule is Nc1cc(C2=CC=C(O)C(N)C2=C(C(F)(F)F)C(F)(F)F)ccc1O. The number of anilines is 1. The van der Waals surface area contributed by atoms with Gasteiger partial charge in [-0.05, 0) is 29.3 Å². The molecule has 0 amide bonds. The number of nitrogens with two attached hydrogens (primary N) is 2. The van der Waals surface area contributed by atoms with Crippen LogP contribution in [0.2, 0.25) is 0 Å². The maximum Gasteiger partial charge on any atom is 0.421 e. The molecule has 0 aliphatic heterocycles. The first-order chi connectivity index (χ1) is 11.3. The van der Waals surface area contributed by atoms with Crippen LogP contribution < -0.4 is 11.5 Å². The Hall–Kier alpha value is -2.62. The molecule has 0 heterocycles. The van der Waals surface area contributed by atoms with E-state index in [1.807, 2.05) is 0 Å². The minimum atomic E-state index is -5.76. The van der Waals surface area contributed by atoms with Gasteiger partial charge >= 0.3 is 12.4 Å². The molecule has 6 N–H and O–H groups in total. The molecule has 1 aromatic carbocycles. The van der Waals surface area contributed by atoms with Crippen LogP contribution in [0, 0.1) is 0 Å². The Bertz CT molecular complexity index is 774. The van der Waals surface area contributed by atoms with E-state index in [4.69, 9.17) is 11.5 Å². The van der Waals surface area contributed by atoms with Crippen molar-refractivity contribution in [3.8, 4) is 5.75 Å². The monoisotopic (exact) mass is 366 g/mol. The van der Waals surface area contributed by atoms with Crippen molar-refractivity contribution in [1.29, 1.82) is 0 Å². The van der Waals surface area contributed by atoms with E-state index in [-0.39, 0.29) is 17.0 Å². The van der Waals surface area contributed by atoms with Gasteiger partial charge in [-0.2, -0.15) is 26.3 Å². The Kier molecular flexibility index (Phi) is 4.51. The molecule has 0 aromatic heterocycles. The number of aromatic hydroxyl groups is 1. The van der Waals surface area contributed by atoms with Crippen molar-refractivity contribution in [2.75, 3.05) is 5.73 Å². The van der Waals surface area contributed by atoms with E-state index < -0.39 is 40.9 Å². The fourth-order valence-electron chi connectivity index (χ4n) is 2.41. The highest BCUT2D eigenvalue weighted by molar-refractivity contribution is 5.86. The zero-order valence-electron chi connectivity index (χ0n) is 12.3. The summed E-state index contributed by atoms with van der Waals surface area (Å²) in [5.74, 6) is -1.24. The molecule has 4 nitrogen and oxygen atoms in total. The number of hydrogen-bond donors (Lipinski definition) is 4. The van der Waals surface area contributed by atoms with Gasteiger partial charge in [0.15, 0.2) is 0 Å². The Balaban J connectivity index is 2.83. The van der Waals surface area contributed by atoms with Gasteiger partial charge in [0.1, 0.15) is 17.1 Å². The molecule has 0 bridgehead atoms. The first kappa shape index (κ1) is 18.7. The zero-order valence-corrected chi connectivity index (χ0v) is 12.3. The lowest BCUT2D eigenvalue weighted by Gasteiger charge is -2.28. The van der Waals surface area contributed by atoms with E-state index in [0.29, 0.717) is 0 Å². The molecule has 0 radical (unpaired) electrons. The Morgan fingerprint density at radius 3 is 2.00 bits per heavy atom. The smallest absolute Gasteiger partial charge is 0.421 e. The number of phenols is 1. The number of hydrogen-bond acceptors (Lipinski definition) is 4. The Labute approximate surface area is 137 Å². The van der Waals surface area contributed by atoms with E-state index >= 15 is 0 Å². The molecule has 0 spiro atoms. The lowest BCUT2D eigenvalue weighted by atomic mass is 9.84. The maximum atomic E-state index is 13.1. The lowest BCUT2D eigenvalue weighted by Crippen LogP contribution is -2.36. The third-order valence-corrected chi connectivity index (χ3v) is 3.52. The molecular weight excluding hydrogens is 354 g/mol. The summed E-state index contributed by atoms with van der Waals surface area (Å²) in [6.07, 6.45) is -9.75. The molecule has 1 aliphatic carbocycles. The molecule has 25 heavy (non-hydrogen) atoms. The number of rotatable bonds is 1. The van der Waals surface area contributed by atoms with Crippen molar-refractivity contribution in [3.63, 3.8) is 0 Å². The number of aliphatic hydroxyl groups is 1. The molecule has 1 aliphatic rings. The van der Waals surface area contributed by atoms with Crippen molar-refractivity contribution in [3.05, 3.63) is 52.8 Å². The van der Waals surface area contributed by atoms with Crippen LogP contribution in [0.1, 0.15) is 5.56 Å². The quantitative estimate of drug-likeness (QED) is 0.347. The number of nitrogen functional groups attached to an aromatic ring is 1. The van der Waals surface area contributed by atoms with E-state index in [1.54, 1.807) is 0 Å². The van der Waals surface area contributed by atoms with Gasteiger partial charge < -0.3 is 21.7 Å². The van der Waals surface area contributed by atoms with Gasteiger partial charge in [-0.25, -0.2) is 0 Å². The number of allylic oxidation sites excluding steroid dienone is 3. The van der Waals surface area contributed by atoms with Crippen LogP contribution in [0.15, 0.2) is 47.3 Å². The summed E-state index contributed by atoms with van der Waals surface area (Å²) < 4.78 is 78.6. The van der Waals surface area contributed by atoms with Gasteiger partial charge in [0.2, 0.25) is 0 Å². The van der Waals surface area contributed by atoms with Crippen molar-refractivity contribution in [1.82, 2.24) is 0 Å². The lowest BCUT2D eigenvalue weighted by molar-refractivity contribution is -0.173. The van der Waals surface area contributed by atoms with Crippen LogP contribution in [0.25, 0.3) is 5.57 Å². The Morgan fingerprint density at radius 2 is 1.52 bits per heavy atom. The van der Waals surface area contributed by atoms with Crippen LogP contribution in [0.5, 0.6) is 5.75 Å². The summed E-state index contributed by atoms with van der Waals surface area (Å²) >= 11 is 0. The predicted octanol–water partition coefficient (Wildman–Crippen LogP) is 3.56. The fraction of sp³-hybridized carbons (Fsp3) is 0.200. The molecule has 0 saturated carbocycles. The summed E-state index contributed by atoms with van der Waals surface area (Å²) in [4.78, 5) is 0. The van der Waals surface area contributed by atoms with Gasteiger partial charge in [0, 0.05) is 5.57 Å². The van der Waals surface area contributed by atoms with Gasteiger partial charge in [-0.15, -0.1) is 0 Å². The molecule has 1 aromatic rings. The van der Waals surface area contributed by atoms with Crippen LogP contribution in [-0.2, 0) is 0 Å². The summed E-state index contributed by atoms with van der Waals surface area (Å²) in [5, 5.41) is 18.9. The van der Waals surface area contributed by atoms with Gasteiger partial charge in [0.05, 0.1) is 11.7 Å². The molecule has 0 saturated heterocycles. The summed E-state index contributed by atoms with van der Waals surface area (Å²) in [7, 11) is 0. The minimum Gasteiger partial charge on any atom is -0.510 e. The standard InChI is InChI=1S/C15H12F6N2O2/c16-14(17,18)13(15(19,20)21)11-7(2-4-10(25)12(11)23)6-1-3-9(24)8(22)5-6/h1-5,12,24-25H,22-23H2. The maximum absolute atomic E-state index is 13.1. The van der Waals surface area contributed by atoms with E-state index in [9.17, 15) is 36.6 Å². The topological polar surface area (TPSA) is 92.5 Å². The summed E-state index contributed by atoms with van der Waals surface area (Å²) in [5.41, 5.74) is 5.83. The van der Waals surface area contributed by atoms with E-state index in [2.05, 4.69) is 0 Å². The molecule has 1 atom stereocenters. The third-order valence-electron chi connectivity index (χ3n) is 3.52. The van der Waals surface area contributed by atoms with Crippen molar-refractivity contribution in [2.24, 2.45) is 5.73 Å². The van der Waals surface area contributed by atoms with E-state index in [1.165, 1.54) is 0 Å². The molecule has 2 rings (SSSR count). The number of benzene rings is 1. The van der Waals surface area contributed by atoms with Crippen LogP contribution >= 0.6 is 0 Å². The second-order valence-corrected chi connectivity index (χ2v) is 5.21. The molecular formula is C15H12F6N2O2. The van der Waals surface area contributed by atoms with Crippen molar-refractivity contribution < 1.29 is 36.6 Å². The average Bonchev–Trinajstić information content (AvgIpc) is 2.44. The van der Waals surface area contributed by atoms with E-state index in [0.717, 1.165) is 30.4 Å². The first-order valence-corrected chi connectivity index (χ1v) is 6.68. The molecule has 10 heteroatoms. The number of halogens is 6. The average molecular weight is 366 g/mol. The normalized spacial score (nSPS) is 18.7. The minimum absolute atomic E-state index is 0.129. The largest absolute Gasteiger partial charge is 0.510 e. The second kappa shape index (κ2) is 6.03. The molecule has 1 unspecified atom stereocenters. The highest BCUT2D eigenvalue weighted by Crippen LogP contribution is 2.46. The fourth-order valence-corrected chi connectivity index (χ4v) is 2.41. The zero-order chi connectivity index (χ0) is 19.2. The number of phenolic OH excluding ortho intramolecular Hbond substituents is 1. The van der Waals surface area contributed by atoms with Gasteiger partial charge in [-0.3, -0.25) is 0 Å². The van der Waals surface area contributed by atoms with Crippen LogP contribution in [0.3, 0.4) is 0 Å². The first-order valence-electron chi connectivity index (χ1n) is 6.68. The predicted molar refractivity (Wildman–Crippen MR) is 78.3 cm³/mol. The van der Waals surface area contributed by atoms with Crippen LogP contribution in [-0.4, -0.2) is 28.6 Å². The summed E-state index contributed by atoms with van der Waals surface area (Å²) in [6, 6.07) is 1.08. The second-order valence-electron chi connectivity index (χ2n) is 5.21.